The molecule has 32 heavy (non-hydrogen) atoms. The molecule has 2 aromatic carbocycles. The molecule has 0 aliphatic heterocycles. The number of aromatic nitrogens is 3. The van der Waals surface area contributed by atoms with Crippen molar-refractivity contribution in [1.82, 2.24) is 14.8 Å². The van der Waals surface area contributed by atoms with Crippen LogP contribution in [0.2, 0.25) is 0 Å². The van der Waals surface area contributed by atoms with E-state index in [0.29, 0.717) is 23.7 Å². The molecule has 0 radical (unpaired) electrons. The first kappa shape index (κ1) is 22.3. The van der Waals surface area contributed by atoms with Crippen molar-refractivity contribution in [3.05, 3.63) is 71.5 Å². The second-order valence-electron chi connectivity index (χ2n) is 8.53. The first-order valence-electron chi connectivity index (χ1n) is 11.0. The number of Topliss-reactive ketones (excluding diaryl/α,β-unsaturated/α-hetero) is 1. The fourth-order valence-corrected chi connectivity index (χ4v) is 4.33. The summed E-state index contributed by atoms with van der Waals surface area (Å²) in [7, 11) is 0. The van der Waals surface area contributed by atoms with Crippen LogP contribution in [0.25, 0.3) is 0 Å². The fraction of sp³-hybridized carbons (Fsp3) is 0.360. The molecule has 1 amide bonds. The van der Waals surface area contributed by atoms with Gasteiger partial charge in [-0.15, -0.1) is 10.2 Å². The molecule has 1 saturated carbocycles. The molecule has 3 aromatic rings. The van der Waals surface area contributed by atoms with Crippen LogP contribution in [-0.4, -0.2) is 31.7 Å². The van der Waals surface area contributed by atoms with E-state index in [1.54, 1.807) is 24.3 Å². The Morgan fingerprint density at radius 1 is 1.03 bits per heavy atom. The van der Waals surface area contributed by atoms with E-state index in [9.17, 15) is 9.59 Å². The zero-order valence-electron chi connectivity index (χ0n) is 18.6. The van der Waals surface area contributed by atoms with Crippen molar-refractivity contribution in [3.63, 3.8) is 0 Å². The Hall–Kier alpha value is -2.93. The lowest BCUT2D eigenvalue weighted by Gasteiger charge is -2.14. The predicted octanol–water partition coefficient (Wildman–Crippen LogP) is 5.16. The normalized spacial score (nSPS) is 14.4. The smallest absolute Gasteiger partial charge is 0.226 e. The molecule has 0 saturated heterocycles. The molecule has 1 fully saturated rings. The van der Waals surface area contributed by atoms with Crippen molar-refractivity contribution < 1.29 is 9.59 Å². The summed E-state index contributed by atoms with van der Waals surface area (Å²) in [5, 5.41) is 12.2. The van der Waals surface area contributed by atoms with Crippen molar-refractivity contribution in [2.75, 3.05) is 5.32 Å². The number of rotatable bonds is 9. The summed E-state index contributed by atoms with van der Waals surface area (Å²) in [5.41, 5.74) is 2.50. The molecule has 0 bridgehead atoms. The molecular formula is C25H28N4O2S. The van der Waals surface area contributed by atoms with E-state index in [1.807, 2.05) is 39.0 Å². The van der Waals surface area contributed by atoms with Crippen LogP contribution in [0.15, 0.2) is 59.8 Å². The van der Waals surface area contributed by atoms with Crippen molar-refractivity contribution in [2.45, 2.75) is 56.5 Å². The summed E-state index contributed by atoms with van der Waals surface area (Å²) in [6.45, 7) is 6.29. The average molecular weight is 449 g/mol. The van der Waals surface area contributed by atoms with Gasteiger partial charge in [0.2, 0.25) is 5.91 Å². The molecule has 1 aliphatic rings. The molecule has 1 aliphatic carbocycles. The van der Waals surface area contributed by atoms with Gasteiger partial charge in [0.05, 0.1) is 11.8 Å². The third kappa shape index (κ3) is 5.27. The molecule has 7 heteroatoms. The van der Waals surface area contributed by atoms with Gasteiger partial charge in [0.1, 0.15) is 5.82 Å². The second kappa shape index (κ2) is 9.69. The minimum absolute atomic E-state index is 0.0268. The molecule has 166 valence electrons. The minimum atomic E-state index is -0.308. The van der Waals surface area contributed by atoms with Crippen molar-refractivity contribution in [2.24, 2.45) is 5.92 Å². The van der Waals surface area contributed by atoms with Crippen LogP contribution in [0.3, 0.4) is 0 Å². The largest absolute Gasteiger partial charge is 0.326 e. The third-order valence-corrected chi connectivity index (χ3v) is 6.56. The first-order valence-corrected chi connectivity index (χ1v) is 11.9. The fourth-order valence-electron chi connectivity index (χ4n) is 3.40. The number of nitrogens with zero attached hydrogens (tertiary/aromatic N) is 3. The minimum Gasteiger partial charge on any atom is -0.326 e. The van der Waals surface area contributed by atoms with Crippen molar-refractivity contribution >= 4 is 29.1 Å². The lowest BCUT2D eigenvalue weighted by atomic mass is 10.1. The van der Waals surface area contributed by atoms with E-state index in [-0.39, 0.29) is 22.9 Å². The zero-order valence-corrected chi connectivity index (χ0v) is 19.4. The van der Waals surface area contributed by atoms with E-state index in [0.717, 1.165) is 23.8 Å². The SMILES string of the molecule is CC(C)C(=O)Nc1ccc(C(=O)C(C)Sc2nnc(C3CC3)n2Cc2ccccc2)cc1. The van der Waals surface area contributed by atoms with Crippen LogP contribution in [-0.2, 0) is 11.3 Å². The Morgan fingerprint density at radius 2 is 1.72 bits per heavy atom. The summed E-state index contributed by atoms with van der Waals surface area (Å²) in [6.07, 6.45) is 2.29. The molecular weight excluding hydrogens is 420 g/mol. The summed E-state index contributed by atoms with van der Waals surface area (Å²) < 4.78 is 2.16. The summed E-state index contributed by atoms with van der Waals surface area (Å²) in [4.78, 5) is 24.9. The van der Waals surface area contributed by atoms with Gasteiger partial charge in [-0.25, -0.2) is 0 Å². The van der Waals surface area contributed by atoms with Gasteiger partial charge in [-0.1, -0.05) is 55.9 Å². The second-order valence-corrected chi connectivity index (χ2v) is 9.84. The van der Waals surface area contributed by atoms with Gasteiger partial charge < -0.3 is 9.88 Å². The maximum Gasteiger partial charge on any atom is 0.226 e. The Balaban J connectivity index is 1.47. The lowest BCUT2D eigenvalue weighted by molar-refractivity contribution is -0.118. The maximum atomic E-state index is 13.0. The number of amides is 1. The van der Waals surface area contributed by atoms with Gasteiger partial charge in [-0.05, 0) is 49.6 Å². The highest BCUT2D eigenvalue weighted by molar-refractivity contribution is 8.00. The molecule has 0 spiro atoms. The summed E-state index contributed by atoms with van der Waals surface area (Å²) in [5.74, 6) is 1.37. The Bertz CT molecular complexity index is 1090. The third-order valence-electron chi connectivity index (χ3n) is 5.48. The predicted molar refractivity (Wildman–Crippen MR) is 127 cm³/mol. The quantitative estimate of drug-likeness (QED) is 0.361. The Morgan fingerprint density at radius 3 is 2.34 bits per heavy atom. The molecule has 4 rings (SSSR count). The average Bonchev–Trinajstić information content (AvgIpc) is 3.57. The topological polar surface area (TPSA) is 76.9 Å². The molecule has 6 nitrogen and oxygen atoms in total. The van der Waals surface area contributed by atoms with Crippen LogP contribution >= 0.6 is 11.8 Å². The van der Waals surface area contributed by atoms with Crippen molar-refractivity contribution in [3.8, 4) is 0 Å². The van der Waals surface area contributed by atoms with E-state index < -0.39 is 0 Å². The van der Waals surface area contributed by atoms with E-state index in [4.69, 9.17) is 0 Å². The van der Waals surface area contributed by atoms with Crippen LogP contribution < -0.4 is 5.32 Å². The maximum absolute atomic E-state index is 13.0. The standard InChI is InChI=1S/C25H28N4O2S/c1-16(2)24(31)26-21-13-11-19(12-14-21)22(30)17(3)32-25-28-27-23(20-9-10-20)29(25)15-18-7-5-4-6-8-18/h4-8,11-14,16-17,20H,9-10,15H2,1-3H3,(H,26,31). The van der Waals surface area contributed by atoms with Gasteiger partial charge in [0.15, 0.2) is 10.9 Å². The van der Waals surface area contributed by atoms with Gasteiger partial charge in [-0.3, -0.25) is 9.59 Å². The molecule has 1 heterocycles. The molecule has 1 atom stereocenters. The number of anilines is 1. The highest BCUT2D eigenvalue weighted by Gasteiger charge is 2.31. The van der Waals surface area contributed by atoms with Crippen LogP contribution in [0.5, 0.6) is 0 Å². The molecule has 1 unspecified atom stereocenters. The van der Waals surface area contributed by atoms with E-state index in [1.165, 1.54) is 17.3 Å². The van der Waals surface area contributed by atoms with Gasteiger partial charge in [-0.2, -0.15) is 0 Å². The van der Waals surface area contributed by atoms with Gasteiger partial charge >= 0.3 is 0 Å². The first-order chi connectivity index (χ1) is 15.4. The molecule has 1 N–H and O–H groups in total. The highest BCUT2D eigenvalue weighted by atomic mass is 32.2. The number of hydrogen-bond donors (Lipinski definition) is 1. The van der Waals surface area contributed by atoms with Crippen LogP contribution in [0, 0.1) is 5.92 Å². The number of benzene rings is 2. The number of ketones is 1. The van der Waals surface area contributed by atoms with Crippen molar-refractivity contribution in [1.29, 1.82) is 0 Å². The lowest BCUT2D eigenvalue weighted by Crippen LogP contribution is -2.18. The monoisotopic (exact) mass is 448 g/mol. The number of nitrogens with one attached hydrogen (secondary N) is 1. The Kier molecular flexibility index (Phi) is 6.74. The van der Waals surface area contributed by atoms with Crippen LogP contribution in [0.1, 0.15) is 61.3 Å². The van der Waals surface area contributed by atoms with E-state index in [2.05, 4.69) is 32.2 Å². The molecule has 1 aromatic heterocycles. The Labute approximate surface area is 192 Å². The number of carbonyl (C=O) groups is 2. The summed E-state index contributed by atoms with van der Waals surface area (Å²) in [6, 6.07) is 17.3. The van der Waals surface area contributed by atoms with Gasteiger partial charge in [0, 0.05) is 23.1 Å². The highest BCUT2D eigenvalue weighted by Crippen LogP contribution is 2.40. The van der Waals surface area contributed by atoms with E-state index >= 15 is 0 Å². The number of carbonyl (C=O) groups excluding carboxylic acids is 2. The number of thioether (sulfide) groups is 1. The van der Waals surface area contributed by atoms with Gasteiger partial charge in [0.25, 0.3) is 0 Å². The zero-order chi connectivity index (χ0) is 22.7. The van der Waals surface area contributed by atoms with Crippen LogP contribution in [0.4, 0.5) is 5.69 Å². The number of hydrogen-bond acceptors (Lipinski definition) is 5. The summed E-state index contributed by atoms with van der Waals surface area (Å²) >= 11 is 1.45.